The molecule has 2 heterocycles. The molecule has 0 spiro atoms. The predicted molar refractivity (Wildman–Crippen MR) is 101 cm³/mol. The fourth-order valence-electron chi connectivity index (χ4n) is 3.57. The number of esters is 1. The van der Waals surface area contributed by atoms with Gasteiger partial charge in [-0.05, 0) is 12.8 Å². The van der Waals surface area contributed by atoms with E-state index < -0.39 is 35.3 Å². The van der Waals surface area contributed by atoms with E-state index in [0.29, 0.717) is 12.8 Å². The smallest absolute Gasteiger partial charge is 0.332 e. The maximum Gasteiger partial charge on any atom is 0.332 e. The molecule has 0 aromatic carbocycles. The van der Waals surface area contributed by atoms with Crippen LogP contribution in [0.3, 0.4) is 0 Å². The van der Waals surface area contributed by atoms with Crippen molar-refractivity contribution in [2.24, 2.45) is 14.1 Å². The Hall–Kier alpha value is -3.42. The van der Waals surface area contributed by atoms with Crippen LogP contribution in [0.5, 0.6) is 0 Å². The Bertz CT molecular complexity index is 1110. The minimum Gasteiger partial charge on any atom is -0.454 e. The summed E-state index contributed by atoms with van der Waals surface area (Å²) in [6.07, 6.45) is 5.16. The fourth-order valence-corrected chi connectivity index (χ4v) is 3.57. The number of amides is 1. The van der Waals surface area contributed by atoms with Gasteiger partial charge in [0.25, 0.3) is 11.5 Å². The molecule has 1 N–H and O–H groups in total. The number of hydrogen-bond acceptors (Lipinski definition) is 7. The zero-order chi connectivity index (χ0) is 21.2. The molecule has 1 aliphatic carbocycles. The van der Waals surface area contributed by atoms with Gasteiger partial charge in [0, 0.05) is 14.1 Å². The molecule has 0 bridgehead atoms. The Morgan fingerprint density at radius 2 is 1.93 bits per heavy atom. The zero-order valence-corrected chi connectivity index (χ0v) is 16.3. The average molecular weight is 402 g/mol. The van der Waals surface area contributed by atoms with Crippen LogP contribution >= 0.6 is 0 Å². The number of imidazole rings is 1. The quantitative estimate of drug-likeness (QED) is 0.653. The van der Waals surface area contributed by atoms with Crippen LogP contribution in [0, 0.1) is 11.3 Å². The van der Waals surface area contributed by atoms with Gasteiger partial charge in [-0.15, -0.1) is 0 Å². The number of fused-ring (bicyclic) bond motifs is 1. The van der Waals surface area contributed by atoms with Crippen molar-refractivity contribution in [3.8, 4) is 6.07 Å². The van der Waals surface area contributed by atoms with E-state index in [1.807, 2.05) is 0 Å². The zero-order valence-electron chi connectivity index (χ0n) is 16.3. The molecule has 1 amide bonds. The summed E-state index contributed by atoms with van der Waals surface area (Å²) < 4.78 is 8.40. The summed E-state index contributed by atoms with van der Waals surface area (Å²) in [6.45, 7) is -0.869. The van der Waals surface area contributed by atoms with Crippen molar-refractivity contribution in [3.05, 3.63) is 27.2 Å². The molecule has 0 radical (unpaired) electrons. The molecule has 11 heteroatoms. The second-order valence-electron chi connectivity index (χ2n) is 7.21. The normalized spacial score (nSPS) is 15.6. The Balaban J connectivity index is 1.66. The van der Waals surface area contributed by atoms with Crippen LogP contribution in [0.15, 0.2) is 15.9 Å². The van der Waals surface area contributed by atoms with Crippen molar-refractivity contribution in [1.82, 2.24) is 24.0 Å². The largest absolute Gasteiger partial charge is 0.454 e. The molecule has 0 saturated heterocycles. The number of nitriles is 1. The molecular weight excluding hydrogens is 380 g/mol. The van der Waals surface area contributed by atoms with Crippen LogP contribution in [0.1, 0.15) is 32.1 Å². The third-order valence-corrected chi connectivity index (χ3v) is 5.18. The third-order valence-electron chi connectivity index (χ3n) is 5.18. The predicted octanol–water partition coefficient (Wildman–Crippen LogP) is -0.680. The summed E-state index contributed by atoms with van der Waals surface area (Å²) in [6, 6.07) is 2.16. The van der Waals surface area contributed by atoms with Gasteiger partial charge in [0.1, 0.15) is 12.1 Å². The van der Waals surface area contributed by atoms with Crippen LogP contribution in [0.4, 0.5) is 0 Å². The number of aryl methyl sites for hydroxylation is 1. The second-order valence-corrected chi connectivity index (χ2v) is 7.21. The molecule has 0 unspecified atom stereocenters. The molecule has 1 saturated carbocycles. The van der Waals surface area contributed by atoms with E-state index in [1.54, 1.807) is 0 Å². The third kappa shape index (κ3) is 3.91. The lowest BCUT2D eigenvalue weighted by Gasteiger charge is -2.31. The van der Waals surface area contributed by atoms with Gasteiger partial charge in [0.05, 0.1) is 12.4 Å². The maximum absolute atomic E-state index is 12.4. The highest BCUT2D eigenvalue weighted by Gasteiger charge is 2.33. The highest BCUT2D eigenvalue weighted by Crippen LogP contribution is 2.27. The van der Waals surface area contributed by atoms with Gasteiger partial charge in [-0.2, -0.15) is 5.26 Å². The van der Waals surface area contributed by atoms with E-state index in [1.165, 1.54) is 29.6 Å². The second kappa shape index (κ2) is 7.90. The number of carbonyl (C=O) groups is 2. The van der Waals surface area contributed by atoms with E-state index in [4.69, 9.17) is 4.74 Å². The van der Waals surface area contributed by atoms with Crippen molar-refractivity contribution in [2.75, 3.05) is 6.61 Å². The molecule has 2 aromatic rings. The van der Waals surface area contributed by atoms with Crippen molar-refractivity contribution in [3.63, 3.8) is 0 Å². The van der Waals surface area contributed by atoms with E-state index in [-0.39, 0.29) is 17.7 Å². The fraction of sp³-hybridized carbons (Fsp3) is 0.556. The highest BCUT2D eigenvalue weighted by atomic mass is 16.5. The molecule has 29 heavy (non-hydrogen) atoms. The summed E-state index contributed by atoms with van der Waals surface area (Å²) in [5.41, 5.74) is -1.78. The van der Waals surface area contributed by atoms with Crippen LogP contribution in [0.25, 0.3) is 11.2 Å². The molecule has 1 fully saturated rings. The first kappa shape index (κ1) is 20.3. The number of aromatic nitrogens is 4. The summed E-state index contributed by atoms with van der Waals surface area (Å²) in [5.74, 6) is -1.29. The summed E-state index contributed by atoms with van der Waals surface area (Å²) in [5, 5.41) is 12.1. The lowest BCUT2D eigenvalue weighted by atomic mass is 9.83. The Morgan fingerprint density at radius 1 is 1.24 bits per heavy atom. The Kier molecular flexibility index (Phi) is 5.54. The lowest BCUT2D eigenvalue weighted by molar-refractivity contribution is -0.149. The van der Waals surface area contributed by atoms with Crippen molar-refractivity contribution >= 4 is 23.0 Å². The van der Waals surface area contributed by atoms with Crippen molar-refractivity contribution in [2.45, 2.75) is 44.2 Å². The van der Waals surface area contributed by atoms with E-state index in [0.717, 1.165) is 23.8 Å². The Morgan fingerprint density at radius 3 is 2.59 bits per heavy atom. The molecule has 1 aliphatic rings. The van der Waals surface area contributed by atoms with Gasteiger partial charge in [0.15, 0.2) is 17.8 Å². The van der Waals surface area contributed by atoms with Gasteiger partial charge in [-0.1, -0.05) is 19.3 Å². The molecular formula is C18H22N6O5. The SMILES string of the molecule is Cn1c(=O)c2c(ncn2CC(=O)OCC(=O)NC2(C#N)CCCCC2)n(C)c1=O. The van der Waals surface area contributed by atoms with E-state index >= 15 is 0 Å². The summed E-state index contributed by atoms with van der Waals surface area (Å²) >= 11 is 0. The first-order valence-electron chi connectivity index (χ1n) is 9.27. The molecule has 11 nitrogen and oxygen atoms in total. The number of rotatable bonds is 5. The van der Waals surface area contributed by atoms with E-state index in [2.05, 4.69) is 16.4 Å². The number of carbonyl (C=O) groups excluding carboxylic acids is 2. The van der Waals surface area contributed by atoms with Crippen LogP contribution in [-0.2, 0) is 35.0 Å². The monoisotopic (exact) mass is 402 g/mol. The van der Waals surface area contributed by atoms with Crippen LogP contribution < -0.4 is 16.6 Å². The molecule has 0 aliphatic heterocycles. The first-order chi connectivity index (χ1) is 13.8. The van der Waals surface area contributed by atoms with Gasteiger partial charge in [-0.3, -0.25) is 23.5 Å². The van der Waals surface area contributed by atoms with Crippen molar-refractivity contribution < 1.29 is 14.3 Å². The summed E-state index contributed by atoms with van der Waals surface area (Å²) in [4.78, 5) is 52.6. The van der Waals surface area contributed by atoms with Crippen molar-refractivity contribution in [1.29, 1.82) is 5.26 Å². The number of nitrogens with zero attached hydrogens (tertiary/aromatic N) is 5. The number of nitrogens with one attached hydrogen (secondary N) is 1. The van der Waals surface area contributed by atoms with Crippen LogP contribution in [-0.4, -0.2) is 42.7 Å². The summed E-state index contributed by atoms with van der Waals surface area (Å²) in [7, 11) is 2.81. The number of ether oxygens (including phenoxy) is 1. The Labute approximate surface area is 165 Å². The number of hydrogen-bond donors (Lipinski definition) is 1. The standard InChI is InChI=1S/C18H22N6O5/c1-22-15-14(16(27)23(2)17(22)28)24(11-20-15)8-13(26)29-9-12(25)21-18(10-19)6-4-3-5-7-18/h11H,3-9H2,1-2H3,(H,21,25). The van der Waals surface area contributed by atoms with E-state index in [9.17, 15) is 24.4 Å². The maximum atomic E-state index is 12.4. The molecule has 154 valence electrons. The highest BCUT2D eigenvalue weighted by molar-refractivity contribution is 5.82. The van der Waals surface area contributed by atoms with Gasteiger partial charge in [0.2, 0.25) is 0 Å². The average Bonchev–Trinajstić information content (AvgIpc) is 3.13. The minimum absolute atomic E-state index is 0.0849. The van der Waals surface area contributed by atoms with Gasteiger partial charge >= 0.3 is 11.7 Å². The van der Waals surface area contributed by atoms with Gasteiger partial charge in [-0.25, -0.2) is 9.78 Å². The molecule has 3 rings (SSSR count). The van der Waals surface area contributed by atoms with Crippen LogP contribution in [0.2, 0.25) is 0 Å². The molecule has 0 atom stereocenters. The topological polar surface area (TPSA) is 141 Å². The molecule has 2 aromatic heterocycles. The lowest BCUT2D eigenvalue weighted by Crippen LogP contribution is -2.50. The van der Waals surface area contributed by atoms with Gasteiger partial charge < -0.3 is 14.6 Å². The minimum atomic E-state index is -0.903. The first-order valence-corrected chi connectivity index (χ1v) is 9.27.